The highest BCUT2D eigenvalue weighted by molar-refractivity contribution is 8.12. The normalized spacial score (nSPS) is 18.9. The van der Waals surface area contributed by atoms with Crippen molar-refractivity contribution in [1.82, 2.24) is 0 Å². The van der Waals surface area contributed by atoms with Gasteiger partial charge in [-0.25, -0.2) is 16.8 Å². The number of alkyl halides is 3. The van der Waals surface area contributed by atoms with Crippen LogP contribution < -0.4 is 0 Å². The minimum Gasteiger partial charge on any atom is -0.428 e. The van der Waals surface area contributed by atoms with Crippen LogP contribution in [0.3, 0.4) is 0 Å². The van der Waals surface area contributed by atoms with Crippen LogP contribution in [-0.2, 0) is 20.0 Å². The van der Waals surface area contributed by atoms with Crippen LogP contribution >= 0.6 is 0 Å². The van der Waals surface area contributed by atoms with E-state index in [0.717, 1.165) is 25.7 Å². The largest absolute Gasteiger partial charge is 0.480 e. The van der Waals surface area contributed by atoms with Crippen molar-refractivity contribution >= 4 is 20.0 Å². The molecule has 1 saturated carbocycles. The first-order chi connectivity index (χ1) is 8.54. The Labute approximate surface area is 110 Å². The molecule has 0 heterocycles. The molecule has 1 rings (SSSR count). The highest BCUT2D eigenvalue weighted by atomic mass is 32.3. The maximum atomic E-state index is 12.0. The first-order valence-electron chi connectivity index (χ1n) is 5.82. The molecule has 1 aliphatic rings. The van der Waals surface area contributed by atoms with E-state index in [1.807, 2.05) is 4.13 Å². The monoisotopic (exact) mass is 322 g/mol. The van der Waals surface area contributed by atoms with Gasteiger partial charge >= 0.3 is 5.51 Å². The second-order valence-electron chi connectivity index (χ2n) is 4.57. The van der Waals surface area contributed by atoms with Crippen LogP contribution in [0, 0.1) is 5.92 Å². The fraction of sp³-hybridized carbons (Fsp3) is 1.00. The van der Waals surface area contributed by atoms with E-state index in [-0.39, 0.29) is 6.42 Å². The number of halogens is 3. The van der Waals surface area contributed by atoms with Gasteiger partial charge in [0.05, 0.1) is 10.0 Å². The van der Waals surface area contributed by atoms with Crippen LogP contribution in [0.5, 0.6) is 0 Å². The summed E-state index contributed by atoms with van der Waals surface area (Å²) in [4.78, 5) is 0. The number of hydrogen-bond acceptors (Lipinski definition) is 4. The zero-order chi connectivity index (χ0) is 14.7. The standard InChI is InChI=1S/C9H15F3NO4S2/c10-9(11,12)19(16,17)13-18(14,15)7-3-6-8-4-1-2-5-8/h8H,1-7H2/q-1. The lowest BCUT2D eigenvalue weighted by Crippen LogP contribution is -2.25. The number of hydrogen-bond donors (Lipinski definition) is 0. The molecule has 0 saturated heterocycles. The SMILES string of the molecule is O=S(=O)(CCCC1CCCC1)[N-]S(=O)(=O)C(F)(F)F. The Morgan fingerprint density at radius 2 is 1.58 bits per heavy atom. The van der Waals surface area contributed by atoms with Crippen molar-refractivity contribution in [1.29, 1.82) is 0 Å². The zero-order valence-electron chi connectivity index (χ0n) is 10.1. The quantitative estimate of drug-likeness (QED) is 0.752. The fourth-order valence-electron chi connectivity index (χ4n) is 2.08. The van der Waals surface area contributed by atoms with Crippen molar-refractivity contribution < 1.29 is 30.0 Å². The van der Waals surface area contributed by atoms with E-state index in [0.29, 0.717) is 12.3 Å². The van der Waals surface area contributed by atoms with Crippen molar-refractivity contribution in [3.05, 3.63) is 4.13 Å². The van der Waals surface area contributed by atoms with Crippen LogP contribution in [0.1, 0.15) is 38.5 Å². The molecule has 0 unspecified atom stereocenters. The Kier molecular flexibility index (Phi) is 5.24. The Bertz CT molecular complexity index is 492. The molecule has 1 fully saturated rings. The highest BCUT2D eigenvalue weighted by Gasteiger charge is 2.40. The Morgan fingerprint density at radius 3 is 2.05 bits per heavy atom. The molecule has 0 aromatic carbocycles. The molecule has 0 radical (unpaired) electrons. The minimum atomic E-state index is -5.97. The second-order valence-corrected chi connectivity index (χ2v) is 8.16. The molecule has 0 amide bonds. The van der Waals surface area contributed by atoms with Gasteiger partial charge in [-0.05, 0) is 18.8 Å². The van der Waals surface area contributed by atoms with Crippen molar-refractivity contribution in [3.8, 4) is 0 Å². The summed E-state index contributed by atoms with van der Waals surface area (Å²) in [6, 6.07) is 0. The van der Waals surface area contributed by atoms with Gasteiger partial charge in [-0.3, -0.25) is 0 Å². The van der Waals surface area contributed by atoms with E-state index in [9.17, 15) is 30.0 Å². The maximum Gasteiger partial charge on any atom is 0.480 e. The fourth-order valence-corrected chi connectivity index (χ4v) is 4.45. The van der Waals surface area contributed by atoms with Crippen LogP contribution in [0.15, 0.2) is 0 Å². The lowest BCUT2D eigenvalue weighted by atomic mass is 10.0. The molecule has 10 heteroatoms. The smallest absolute Gasteiger partial charge is 0.428 e. The molecule has 0 aromatic heterocycles. The highest BCUT2D eigenvalue weighted by Crippen LogP contribution is 2.31. The van der Waals surface area contributed by atoms with E-state index in [2.05, 4.69) is 0 Å². The first kappa shape index (κ1) is 16.7. The molecular formula is C9H15F3NO4S2-. The molecule has 0 atom stereocenters. The predicted octanol–water partition coefficient (Wildman–Crippen LogP) is 2.51. The summed E-state index contributed by atoms with van der Waals surface area (Å²) in [6.07, 6.45) is 4.81. The molecule has 5 nitrogen and oxygen atoms in total. The van der Waals surface area contributed by atoms with E-state index < -0.39 is 31.3 Å². The van der Waals surface area contributed by atoms with Gasteiger partial charge in [0.2, 0.25) is 0 Å². The summed E-state index contributed by atoms with van der Waals surface area (Å²) in [7, 11) is -10.6. The Morgan fingerprint density at radius 1 is 1.05 bits per heavy atom. The third kappa shape index (κ3) is 5.27. The number of rotatable bonds is 6. The van der Waals surface area contributed by atoms with Gasteiger partial charge in [0.1, 0.15) is 0 Å². The van der Waals surface area contributed by atoms with Crippen LogP contribution in [0.25, 0.3) is 4.13 Å². The molecule has 0 N–H and O–H groups in total. The van der Waals surface area contributed by atoms with E-state index in [1.54, 1.807) is 0 Å². The van der Waals surface area contributed by atoms with Gasteiger partial charge in [-0.15, -0.1) is 0 Å². The van der Waals surface area contributed by atoms with Crippen LogP contribution in [0.2, 0.25) is 0 Å². The molecule has 114 valence electrons. The van der Waals surface area contributed by atoms with Crippen molar-refractivity contribution in [2.75, 3.05) is 5.75 Å². The van der Waals surface area contributed by atoms with Gasteiger partial charge in [0, 0.05) is 5.75 Å². The van der Waals surface area contributed by atoms with Crippen LogP contribution in [-0.4, -0.2) is 28.1 Å². The summed E-state index contributed by atoms with van der Waals surface area (Å²) in [5.41, 5.74) is -5.68. The summed E-state index contributed by atoms with van der Waals surface area (Å²) in [5, 5.41) is 0. The topological polar surface area (TPSA) is 82.4 Å². The summed E-state index contributed by atoms with van der Waals surface area (Å²) >= 11 is 0. The van der Waals surface area contributed by atoms with Gasteiger partial charge in [0.25, 0.3) is 0 Å². The molecule has 1 aliphatic carbocycles. The number of nitrogens with zero attached hydrogens (tertiary/aromatic N) is 1. The molecule has 19 heavy (non-hydrogen) atoms. The lowest BCUT2D eigenvalue weighted by Gasteiger charge is -2.22. The third-order valence-electron chi connectivity index (χ3n) is 2.99. The van der Waals surface area contributed by atoms with Gasteiger partial charge in [-0.1, -0.05) is 25.7 Å². The minimum absolute atomic E-state index is 0.129. The zero-order valence-corrected chi connectivity index (χ0v) is 11.7. The van der Waals surface area contributed by atoms with Gasteiger partial charge < -0.3 is 4.13 Å². The van der Waals surface area contributed by atoms with E-state index in [4.69, 9.17) is 0 Å². The van der Waals surface area contributed by atoms with E-state index in [1.165, 1.54) is 0 Å². The van der Waals surface area contributed by atoms with Crippen LogP contribution in [0.4, 0.5) is 13.2 Å². The molecule has 0 bridgehead atoms. The van der Waals surface area contributed by atoms with E-state index >= 15 is 0 Å². The summed E-state index contributed by atoms with van der Waals surface area (Å²) < 4.78 is 81.6. The third-order valence-corrected chi connectivity index (χ3v) is 6.08. The molecule has 0 aromatic rings. The average Bonchev–Trinajstić information content (AvgIpc) is 2.66. The maximum absolute atomic E-state index is 12.0. The van der Waals surface area contributed by atoms with Crippen molar-refractivity contribution in [3.63, 3.8) is 0 Å². The predicted molar refractivity (Wildman–Crippen MR) is 63.3 cm³/mol. The lowest BCUT2D eigenvalue weighted by molar-refractivity contribution is -0.0425. The van der Waals surface area contributed by atoms with Gasteiger partial charge in [-0.2, -0.15) is 13.2 Å². The summed E-state index contributed by atoms with van der Waals surface area (Å²) in [5.74, 6) is -0.284. The second kappa shape index (κ2) is 5.96. The Hall–Kier alpha value is -0.350. The van der Waals surface area contributed by atoms with Crippen molar-refractivity contribution in [2.45, 2.75) is 44.0 Å². The first-order valence-corrected chi connectivity index (χ1v) is 8.87. The molecule has 0 aliphatic heterocycles. The molecule has 0 spiro atoms. The Balaban J connectivity index is 2.48. The average molecular weight is 322 g/mol. The van der Waals surface area contributed by atoms with Gasteiger partial charge in [0.15, 0.2) is 10.0 Å². The van der Waals surface area contributed by atoms with Crippen molar-refractivity contribution in [2.24, 2.45) is 5.92 Å². The summed E-state index contributed by atoms with van der Waals surface area (Å²) in [6.45, 7) is 0. The number of sulfonamides is 2. The molecular weight excluding hydrogens is 307 g/mol.